The zero-order valence-electron chi connectivity index (χ0n) is 13.1. The maximum atomic E-state index is 12.7. The zero-order valence-corrected chi connectivity index (χ0v) is 13.1. The van der Waals surface area contributed by atoms with Crippen LogP contribution < -0.4 is 24.3 Å². The van der Waals surface area contributed by atoms with Crippen molar-refractivity contribution in [2.45, 2.75) is 12.0 Å². The highest BCUT2D eigenvalue weighted by molar-refractivity contribution is 5.99. The minimum atomic E-state index is -0.144. The molecule has 0 bridgehead atoms. The predicted molar refractivity (Wildman–Crippen MR) is 87.1 cm³/mol. The Morgan fingerprint density at radius 2 is 1.48 bits per heavy atom. The third kappa shape index (κ3) is 1.71. The summed E-state index contributed by atoms with van der Waals surface area (Å²) in [6.45, 7) is 0.421. The molecule has 124 valence electrons. The third-order valence-electron chi connectivity index (χ3n) is 5.19. The van der Waals surface area contributed by atoms with Gasteiger partial charge in [-0.15, -0.1) is 0 Å². The number of carbonyl (C=O) groups excluding carboxylic acids is 1. The molecule has 1 aliphatic carbocycles. The van der Waals surface area contributed by atoms with Crippen LogP contribution >= 0.6 is 0 Å². The summed E-state index contributed by atoms with van der Waals surface area (Å²) in [4.78, 5) is 12.7. The van der Waals surface area contributed by atoms with Crippen molar-refractivity contribution >= 4 is 12.0 Å². The number of amides is 1. The Kier molecular flexibility index (Phi) is 2.36. The number of hydrogen-bond acceptors (Lipinski definition) is 5. The fraction of sp³-hybridized carbons (Fsp3) is 0.211. The van der Waals surface area contributed by atoms with Crippen molar-refractivity contribution in [3.8, 4) is 23.0 Å². The Labute approximate surface area is 142 Å². The standard InChI is InChI=1S/C19H13NO5/c21-19-13-6-17-16(24-8-25-17)5-12(13)10-2-1-9-3-14-15(23-7-22-14)4-11(9)18(10)20-19/h1-6,10,18H,7-8H2,(H,20,21). The first-order valence-electron chi connectivity index (χ1n) is 8.14. The monoisotopic (exact) mass is 335 g/mol. The third-order valence-corrected chi connectivity index (χ3v) is 5.19. The van der Waals surface area contributed by atoms with E-state index in [2.05, 4.69) is 17.5 Å². The second kappa shape index (κ2) is 4.47. The van der Waals surface area contributed by atoms with Crippen LogP contribution in [0.4, 0.5) is 0 Å². The molecule has 0 radical (unpaired) electrons. The van der Waals surface area contributed by atoms with Crippen LogP contribution in [0.1, 0.15) is 39.0 Å². The largest absolute Gasteiger partial charge is 0.454 e. The van der Waals surface area contributed by atoms with E-state index in [1.165, 1.54) is 0 Å². The molecule has 4 aliphatic rings. The molecule has 3 aliphatic heterocycles. The van der Waals surface area contributed by atoms with Crippen molar-refractivity contribution in [1.29, 1.82) is 0 Å². The molecule has 6 heteroatoms. The molecule has 1 N–H and O–H groups in total. The molecule has 2 unspecified atom stereocenters. The summed E-state index contributed by atoms with van der Waals surface area (Å²) in [7, 11) is 0. The van der Waals surface area contributed by atoms with Gasteiger partial charge < -0.3 is 24.3 Å². The van der Waals surface area contributed by atoms with E-state index in [9.17, 15) is 4.79 Å². The van der Waals surface area contributed by atoms with Crippen LogP contribution in [0, 0.1) is 0 Å². The van der Waals surface area contributed by atoms with E-state index in [0.717, 1.165) is 28.2 Å². The lowest BCUT2D eigenvalue weighted by Gasteiger charge is -2.36. The van der Waals surface area contributed by atoms with Crippen molar-refractivity contribution in [2.24, 2.45) is 0 Å². The number of hydrogen-bond donors (Lipinski definition) is 1. The summed E-state index contributed by atoms with van der Waals surface area (Å²) in [5, 5.41) is 3.13. The molecule has 0 fully saturated rings. The minimum Gasteiger partial charge on any atom is -0.454 e. The summed E-state index contributed by atoms with van der Waals surface area (Å²) in [6, 6.07) is 7.49. The Morgan fingerprint density at radius 1 is 0.840 bits per heavy atom. The van der Waals surface area contributed by atoms with Crippen molar-refractivity contribution in [3.05, 3.63) is 52.6 Å². The molecule has 2 aromatic carbocycles. The predicted octanol–water partition coefficient (Wildman–Crippen LogP) is 2.74. The number of carbonyl (C=O) groups is 1. The van der Waals surface area contributed by atoms with Gasteiger partial charge in [0.2, 0.25) is 13.6 Å². The molecule has 0 spiro atoms. The second-order valence-electron chi connectivity index (χ2n) is 6.46. The molecule has 25 heavy (non-hydrogen) atoms. The molecule has 6 rings (SSSR count). The molecule has 1 amide bonds. The first-order valence-corrected chi connectivity index (χ1v) is 8.14. The van der Waals surface area contributed by atoms with Gasteiger partial charge in [-0.25, -0.2) is 0 Å². The molecule has 0 aromatic heterocycles. The van der Waals surface area contributed by atoms with Gasteiger partial charge in [0.05, 0.1) is 6.04 Å². The molecule has 6 nitrogen and oxygen atoms in total. The van der Waals surface area contributed by atoms with Gasteiger partial charge in [0.1, 0.15) is 0 Å². The first kappa shape index (κ1) is 13.2. The minimum absolute atomic E-state index is 0.0371. The Hall–Kier alpha value is -3.15. The number of fused-ring (bicyclic) bond motifs is 7. The van der Waals surface area contributed by atoms with Gasteiger partial charge in [0.15, 0.2) is 23.0 Å². The van der Waals surface area contributed by atoms with Crippen LogP contribution in [0.5, 0.6) is 23.0 Å². The van der Waals surface area contributed by atoms with Crippen LogP contribution in [0.2, 0.25) is 0 Å². The van der Waals surface area contributed by atoms with Crippen LogP contribution in [-0.4, -0.2) is 19.5 Å². The Morgan fingerprint density at radius 3 is 2.24 bits per heavy atom. The van der Waals surface area contributed by atoms with E-state index < -0.39 is 0 Å². The molecule has 2 aromatic rings. The van der Waals surface area contributed by atoms with E-state index in [4.69, 9.17) is 18.9 Å². The molecule has 3 heterocycles. The Balaban J connectivity index is 1.52. The highest BCUT2D eigenvalue weighted by atomic mass is 16.7. The van der Waals surface area contributed by atoms with Crippen LogP contribution in [-0.2, 0) is 0 Å². The summed E-state index contributed by atoms with van der Waals surface area (Å²) in [5.41, 5.74) is 3.67. The van der Waals surface area contributed by atoms with Crippen LogP contribution in [0.3, 0.4) is 0 Å². The molecule has 2 atom stereocenters. The van der Waals surface area contributed by atoms with E-state index in [1.807, 2.05) is 18.2 Å². The van der Waals surface area contributed by atoms with Gasteiger partial charge in [0, 0.05) is 11.5 Å². The number of benzene rings is 2. The molecular formula is C19H13NO5. The zero-order chi connectivity index (χ0) is 16.5. The van der Waals surface area contributed by atoms with E-state index in [-0.39, 0.29) is 31.5 Å². The average molecular weight is 335 g/mol. The van der Waals surface area contributed by atoms with E-state index >= 15 is 0 Å². The summed E-state index contributed by atoms with van der Waals surface area (Å²) in [5.74, 6) is 2.71. The van der Waals surface area contributed by atoms with Crippen LogP contribution in [0.15, 0.2) is 30.3 Å². The van der Waals surface area contributed by atoms with Gasteiger partial charge in [-0.05, 0) is 41.0 Å². The fourth-order valence-electron chi connectivity index (χ4n) is 4.00. The highest BCUT2D eigenvalue weighted by Crippen LogP contribution is 2.48. The van der Waals surface area contributed by atoms with Crippen molar-refractivity contribution in [1.82, 2.24) is 5.32 Å². The fourth-order valence-corrected chi connectivity index (χ4v) is 4.00. The van der Waals surface area contributed by atoms with Gasteiger partial charge in [-0.2, -0.15) is 0 Å². The number of ether oxygens (including phenoxy) is 4. The number of rotatable bonds is 0. The van der Waals surface area contributed by atoms with E-state index in [0.29, 0.717) is 17.1 Å². The molecular weight excluding hydrogens is 322 g/mol. The summed E-state index contributed by atoms with van der Waals surface area (Å²) < 4.78 is 21.9. The normalized spacial score (nSPS) is 23.6. The van der Waals surface area contributed by atoms with Gasteiger partial charge in [0.25, 0.3) is 5.91 Å². The molecule has 0 saturated heterocycles. The second-order valence-corrected chi connectivity index (χ2v) is 6.46. The van der Waals surface area contributed by atoms with Gasteiger partial charge in [-0.1, -0.05) is 12.2 Å². The quantitative estimate of drug-likeness (QED) is 0.802. The SMILES string of the molecule is O=C1NC2c3cc4c(cc3C=CC2c2cc3c(cc21)OCO3)OCO4. The van der Waals surface area contributed by atoms with Gasteiger partial charge in [-0.3, -0.25) is 4.79 Å². The average Bonchev–Trinajstić information content (AvgIpc) is 3.26. The van der Waals surface area contributed by atoms with Crippen molar-refractivity contribution in [3.63, 3.8) is 0 Å². The van der Waals surface area contributed by atoms with Gasteiger partial charge >= 0.3 is 0 Å². The van der Waals surface area contributed by atoms with E-state index in [1.54, 1.807) is 6.07 Å². The van der Waals surface area contributed by atoms with Crippen LogP contribution in [0.25, 0.3) is 6.08 Å². The Bertz CT molecular complexity index is 980. The lowest BCUT2D eigenvalue weighted by Crippen LogP contribution is -2.39. The van der Waals surface area contributed by atoms with Crippen molar-refractivity contribution < 1.29 is 23.7 Å². The molecule has 0 saturated carbocycles. The summed E-state index contributed by atoms with van der Waals surface area (Å²) >= 11 is 0. The highest BCUT2D eigenvalue weighted by Gasteiger charge is 2.38. The van der Waals surface area contributed by atoms with Crippen molar-refractivity contribution in [2.75, 3.05) is 13.6 Å². The first-order chi connectivity index (χ1) is 12.3. The smallest absolute Gasteiger partial charge is 0.252 e. The maximum absolute atomic E-state index is 12.7. The number of nitrogens with one attached hydrogen (secondary N) is 1. The summed E-state index contributed by atoms with van der Waals surface area (Å²) in [6.07, 6.45) is 4.19. The lowest BCUT2D eigenvalue weighted by atomic mass is 9.76. The lowest BCUT2D eigenvalue weighted by molar-refractivity contribution is 0.0919. The maximum Gasteiger partial charge on any atom is 0.252 e. The topological polar surface area (TPSA) is 66.0 Å².